The fraction of sp³-hybridized carbons (Fsp3) is 0.462. The van der Waals surface area contributed by atoms with E-state index in [1.54, 1.807) is 18.0 Å². The van der Waals surface area contributed by atoms with E-state index in [0.29, 0.717) is 12.1 Å². The molecule has 2 aliphatic heterocycles. The fourth-order valence-electron chi connectivity index (χ4n) is 4.89. The molecule has 5 rings (SSSR count). The Bertz CT molecular complexity index is 1170. The molecule has 3 aliphatic rings. The Labute approximate surface area is 203 Å². The van der Waals surface area contributed by atoms with Crippen LogP contribution >= 0.6 is 0 Å². The van der Waals surface area contributed by atoms with Crippen LogP contribution in [0.1, 0.15) is 48.7 Å². The smallest absolute Gasteiger partial charge is 0.360 e. The fourth-order valence-corrected chi connectivity index (χ4v) is 4.89. The highest BCUT2D eigenvalue weighted by Gasteiger charge is 2.61. The first kappa shape index (κ1) is 23.3. The van der Waals surface area contributed by atoms with E-state index in [-0.39, 0.29) is 42.0 Å². The van der Waals surface area contributed by atoms with Crippen LogP contribution in [0, 0.1) is 5.92 Å². The van der Waals surface area contributed by atoms with E-state index in [4.69, 9.17) is 18.9 Å². The van der Waals surface area contributed by atoms with Crippen LogP contribution in [0.3, 0.4) is 0 Å². The molecule has 2 saturated heterocycles. The Morgan fingerprint density at radius 2 is 2.11 bits per heavy atom. The molecule has 0 saturated carbocycles. The summed E-state index contributed by atoms with van der Waals surface area (Å²) < 4.78 is 23.7. The summed E-state index contributed by atoms with van der Waals surface area (Å²) in [7, 11) is 1.60. The van der Waals surface area contributed by atoms with Gasteiger partial charge in [0.1, 0.15) is 24.6 Å². The first-order chi connectivity index (χ1) is 16.9. The van der Waals surface area contributed by atoms with Gasteiger partial charge in [0.25, 0.3) is 0 Å². The van der Waals surface area contributed by atoms with Crippen LogP contribution in [0.15, 0.2) is 54.3 Å². The second-order valence-corrected chi connectivity index (χ2v) is 9.52. The van der Waals surface area contributed by atoms with Gasteiger partial charge < -0.3 is 18.9 Å². The normalized spacial score (nSPS) is 29.3. The van der Waals surface area contributed by atoms with Crippen LogP contribution in [0.2, 0.25) is 0 Å². The third-order valence-electron chi connectivity index (χ3n) is 7.08. The number of benzene rings is 1. The highest BCUT2D eigenvalue weighted by atomic mass is 16.6. The number of carbonyl (C=O) groups excluding carboxylic acids is 2. The molecule has 0 spiro atoms. The molecule has 2 fully saturated rings. The van der Waals surface area contributed by atoms with Gasteiger partial charge in [0.05, 0.1) is 25.5 Å². The number of hydrogen-bond donors (Lipinski definition) is 0. The van der Waals surface area contributed by atoms with Gasteiger partial charge in [0.15, 0.2) is 5.69 Å². The maximum atomic E-state index is 12.5. The molecule has 1 aromatic carbocycles. The zero-order chi connectivity index (χ0) is 24.6. The van der Waals surface area contributed by atoms with Crippen molar-refractivity contribution in [2.45, 2.75) is 63.6 Å². The summed E-state index contributed by atoms with van der Waals surface area (Å²) in [5.74, 6) is -0.173. The maximum absolute atomic E-state index is 12.5. The maximum Gasteiger partial charge on any atom is 0.360 e. The molecule has 2 aromatic rings. The number of rotatable bonds is 6. The van der Waals surface area contributed by atoms with Crippen LogP contribution < -0.4 is 4.74 Å². The summed E-state index contributed by atoms with van der Waals surface area (Å²) in [6.45, 7) is 6.67. The number of hydrogen-bond acceptors (Lipinski definition) is 8. The SMILES string of the molecule is C=C1C(=O)O[C@@H]2[C@H]3O[C@]3(C)CC/C=C(/Cn3cc(C(=O)OCc4ccc(OC)cc4)nn3)CC[C@@H]12. The Hall–Kier alpha value is -3.46. The zero-order valence-corrected chi connectivity index (χ0v) is 19.9. The molecule has 0 radical (unpaired) electrons. The van der Waals surface area contributed by atoms with Crippen LogP contribution in [-0.4, -0.2) is 51.9 Å². The van der Waals surface area contributed by atoms with Gasteiger partial charge in [-0.05, 0) is 50.3 Å². The van der Waals surface area contributed by atoms with Crippen LogP contribution in [-0.2, 0) is 32.2 Å². The molecular formula is C26H29N3O6. The van der Waals surface area contributed by atoms with Gasteiger partial charge in [-0.25, -0.2) is 14.3 Å². The average molecular weight is 480 g/mol. The highest BCUT2D eigenvalue weighted by molar-refractivity contribution is 5.91. The minimum atomic E-state index is -0.530. The molecule has 0 amide bonds. The molecule has 184 valence electrons. The van der Waals surface area contributed by atoms with Gasteiger partial charge in [0.2, 0.25) is 0 Å². The quantitative estimate of drug-likeness (QED) is 0.269. The van der Waals surface area contributed by atoms with Crippen molar-refractivity contribution in [1.82, 2.24) is 15.0 Å². The lowest BCUT2D eigenvalue weighted by molar-refractivity contribution is -0.140. The number of carbonyl (C=O) groups is 2. The molecule has 3 heterocycles. The van der Waals surface area contributed by atoms with Gasteiger partial charge >= 0.3 is 11.9 Å². The first-order valence-corrected chi connectivity index (χ1v) is 11.8. The predicted octanol–water partition coefficient (Wildman–Crippen LogP) is 3.40. The van der Waals surface area contributed by atoms with Crippen molar-refractivity contribution < 1.29 is 28.5 Å². The van der Waals surface area contributed by atoms with Gasteiger partial charge in [-0.2, -0.15) is 0 Å². The summed E-state index contributed by atoms with van der Waals surface area (Å²) in [6, 6.07) is 7.31. The zero-order valence-electron chi connectivity index (χ0n) is 19.9. The van der Waals surface area contributed by atoms with Gasteiger partial charge in [-0.15, -0.1) is 5.10 Å². The van der Waals surface area contributed by atoms with E-state index in [0.717, 1.165) is 42.6 Å². The third-order valence-corrected chi connectivity index (χ3v) is 7.08. The number of epoxide rings is 1. The lowest BCUT2D eigenvalue weighted by Gasteiger charge is -2.20. The lowest BCUT2D eigenvalue weighted by Crippen LogP contribution is -2.29. The van der Waals surface area contributed by atoms with Crippen molar-refractivity contribution in [3.63, 3.8) is 0 Å². The molecule has 0 N–H and O–H groups in total. The van der Waals surface area contributed by atoms with Crippen LogP contribution in [0.5, 0.6) is 5.75 Å². The van der Waals surface area contributed by atoms with Crippen molar-refractivity contribution in [3.05, 3.63) is 65.5 Å². The molecular weight excluding hydrogens is 450 g/mol. The van der Waals surface area contributed by atoms with Crippen molar-refractivity contribution in [2.24, 2.45) is 5.92 Å². The van der Waals surface area contributed by atoms with E-state index in [2.05, 4.69) is 29.9 Å². The van der Waals surface area contributed by atoms with E-state index in [9.17, 15) is 9.59 Å². The minimum Gasteiger partial charge on any atom is -0.497 e. The predicted molar refractivity (Wildman–Crippen MR) is 124 cm³/mol. The first-order valence-electron chi connectivity index (χ1n) is 11.8. The molecule has 9 heteroatoms. The highest BCUT2D eigenvalue weighted by Crippen LogP contribution is 2.49. The number of nitrogens with zero attached hydrogens (tertiary/aromatic N) is 3. The Kier molecular flexibility index (Phi) is 6.19. The summed E-state index contributed by atoms with van der Waals surface area (Å²) in [5.41, 5.74) is 2.41. The number of ether oxygens (including phenoxy) is 4. The Balaban J connectivity index is 1.21. The summed E-state index contributed by atoms with van der Waals surface area (Å²) >= 11 is 0. The molecule has 1 aliphatic carbocycles. The number of allylic oxidation sites excluding steroid dienone is 2. The van der Waals surface area contributed by atoms with Gasteiger partial charge in [-0.3, -0.25) is 0 Å². The summed E-state index contributed by atoms with van der Waals surface area (Å²) in [6.07, 6.45) is 6.66. The number of esters is 2. The molecule has 35 heavy (non-hydrogen) atoms. The average Bonchev–Trinajstić information content (AvgIpc) is 3.16. The second-order valence-electron chi connectivity index (χ2n) is 9.52. The van der Waals surface area contributed by atoms with Crippen molar-refractivity contribution in [2.75, 3.05) is 7.11 Å². The second kappa shape index (κ2) is 9.30. The van der Waals surface area contributed by atoms with E-state index in [1.807, 2.05) is 24.3 Å². The van der Waals surface area contributed by atoms with Crippen molar-refractivity contribution >= 4 is 11.9 Å². The van der Waals surface area contributed by atoms with Crippen molar-refractivity contribution in [1.29, 1.82) is 0 Å². The summed E-state index contributed by atoms with van der Waals surface area (Å²) in [5, 5.41) is 8.12. The molecule has 0 bridgehead atoms. The largest absolute Gasteiger partial charge is 0.497 e. The Morgan fingerprint density at radius 3 is 2.89 bits per heavy atom. The third kappa shape index (κ3) is 4.86. The van der Waals surface area contributed by atoms with Gasteiger partial charge in [0, 0.05) is 11.5 Å². The monoisotopic (exact) mass is 479 g/mol. The molecule has 9 nitrogen and oxygen atoms in total. The topological polar surface area (TPSA) is 105 Å². The molecule has 4 atom stereocenters. The number of fused-ring (bicyclic) bond motifs is 3. The van der Waals surface area contributed by atoms with E-state index >= 15 is 0 Å². The minimum absolute atomic E-state index is 0.0601. The summed E-state index contributed by atoms with van der Waals surface area (Å²) in [4.78, 5) is 24.6. The Morgan fingerprint density at radius 1 is 1.31 bits per heavy atom. The molecule has 1 aromatic heterocycles. The van der Waals surface area contributed by atoms with E-state index in [1.165, 1.54) is 0 Å². The van der Waals surface area contributed by atoms with Crippen LogP contribution in [0.4, 0.5) is 0 Å². The standard InChI is InChI=1S/C26H29N3O6/c1-16-20-11-8-17(5-4-12-26(2)23(35-26)22(20)34-24(16)30)13-29-14-21(27-28-29)25(31)33-15-18-6-9-19(32-3)10-7-18/h5-7,9-10,14,20,22-23H,1,4,8,11-13,15H2,2-3H3/b17-5+/t20-,22-,23+,26+/m0/s1. The number of aromatic nitrogens is 3. The number of methoxy groups -OCH3 is 1. The molecule has 0 unspecified atom stereocenters. The van der Waals surface area contributed by atoms with Crippen LogP contribution in [0.25, 0.3) is 0 Å². The lowest BCUT2D eigenvalue weighted by atomic mass is 9.84. The van der Waals surface area contributed by atoms with Gasteiger partial charge in [-0.1, -0.05) is 35.6 Å². The van der Waals surface area contributed by atoms with Crippen molar-refractivity contribution in [3.8, 4) is 5.75 Å². The van der Waals surface area contributed by atoms with E-state index < -0.39 is 5.97 Å².